The van der Waals surface area contributed by atoms with Crippen LogP contribution in [-0.2, 0) is 9.47 Å². The van der Waals surface area contributed by atoms with E-state index in [1.807, 2.05) is 6.92 Å². The van der Waals surface area contributed by atoms with Gasteiger partial charge in [-0.1, -0.05) is 20.8 Å². The lowest BCUT2D eigenvalue weighted by Crippen LogP contribution is -2.62. The number of aliphatic hydroxyl groups is 5. The second kappa shape index (κ2) is 7.86. The molecule has 33 heavy (non-hydrogen) atoms. The van der Waals surface area contributed by atoms with Crippen molar-refractivity contribution in [2.45, 2.75) is 121 Å². The molecule has 5 rings (SSSR count). The summed E-state index contributed by atoms with van der Waals surface area (Å²) in [6.45, 7) is 8.67. The topological polar surface area (TPSA) is 120 Å². The first-order valence-corrected chi connectivity index (χ1v) is 13.0. The molecule has 7 nitrogen and oxygen atoms in total. The van der Waals surface area contributed by atoms with E-state index in [1.54, 1.807) is 0 Å². The van der Waals surface area contributed by atoms with E-state index in [0.29, 0.717) is 17.8 Å². The van der Waals surface area contributed by atoms with Gasteiger partial charge in [0.2, 0.25) is 0 Å². The van der Waals surface area contributed by atoms with Crippen molar-refractivity contribution in [3.63, 3.8) is 0 Å². The fraction of sp³-hybridized carbons (Fsp3) is 1.00. The van der Waals surface area contributed by atoms with E-state index >= 15 is 0 Å². The molecule has 1 spiro atoms. The number of aliphatic hydroxyl groups excluding tert-OH is 4. The van der Waals surface area contributed by atoms with Crippen molar-refractivity contribution in [1.29, 1.82) is 0 Å². The van der Waals surface area contributed by atoms with Crippen molar-refractivity contribution in [1.82, 2.24) is 0 Å². The van der Waals surface area contributed by atoms with Crippen LogP contribution in [0, 0.1) is 34.0 Å². The second-order valence-corrected chi connectivity index (χ2v) is 13.4. The Bertz CT molecular complexity index is 753. The average molecular weight is 469 g/mol. The molecule has 4 saturated carbocycles. The van der Waals surface area contributed by atoms with Crippen LogP contribution in [0.15, 0.2) is 0 Å². The molecular weight excluding hydrogens is 424 g/mol. The van der Waals surface area contributed by atoms with Crippen LogP contribution in [0.4, 0.5) is 0 Å². The van der Waals surface area contributed by atoms with Gasteiger partial charge < -0.3 is 35.0 Å². The summed E-state index contributed by atoms with van der Waals surface area (Å²) < 4.78 is 12.0. The molecule has 4 aliphatic carbocycles. The Morgan fingerprint density at radius 3 is 2.30 bits per heavy atom. The Hall–Kier alpha value is -0.280. The van der Waals surface area contributed by atoms with Crippen LogP contribution in [0.1, 0.15) is 79.1 Å². The second-order valence-electron chi connectivity index (χ2n) is 13.4. The summed E-state index contributed by atoms with van der Waals surface area (Å²) in [6.07, 6.45) is 1.97. The highest BCUT2D eigenvalue weighted by Crippen LogP contribution is 2.73. The van der Waals surface area contributed by atoms with Crippen LogP contribution in [0.25, 0.3) is 0 Å². The molecule has 5 fully saturated rings. The van der Waals surface area contributed by atoms with Gasteiger partial charge in [-0.05, 0) is 92.3 Å². The average Bonchev–Trinajstić information content (AvgIpc) is 2.90. The van der Waals surface area contributed by atoms with Crippen molar-refractivity contribution >= 4 is 0 Å². The van der Waals surface area contributed by atoms with Gasteiger partial charge in [-0.15, -0.1) is 0 Å². The monoisotopic (exact) mass is 468 g/mol. The zero-order valence-electron chi connectivity index (χ0n) is 20.6. The molecule has 0 amide bonds. The maximum absolute atomic E-state index is 11.1. The number of ether oxygens (including phenoxy) is 2. The van der Waals surface area contributed by atoms with Gasteiger partial charge >= 0.3 is 0 Å². The third-order valence-corrected chi connectivity index (χ3v) is 10.8. The molecule has 0 aromatic carbocycles. The first kappa shape index (κ1) is 24.4. The lowest BCUT2D eigenvalue weighted by Gasteiger charge is -2.65. The maximum Gasteiger partial charge on any atom is 0.186 e. The standard InChI is InChI=1S/C26H44O7/c1-23(2)10-15(32-22-21(30)20(29)19(28)16(12-27)33-22)11-24(3)17(23)7-8-26-9-14(5-6-18(24)26)25(4,31)13-26/h14-22,27-31H,5-13H2,1-4H3/t14?,15?,16?,17?,18?,19?,20?,21?,22?,24-,25-,26+/m1/s1. The van der Waals surface area contributed by atoms with E-state index in [0.717, 1.165) is 38.5 Å². The molecule has 5 aliphatic rings. The molecule has 1 saturated heterocycles. The summed E-state index contributed by atoms with van der Waals surface area (Å²) in [5, 5.41) is 51.6. The number of hydrogen-bond acceptors (Lipinski definition) is 7. The highest BCUT2D eigenvalue weighted by molar-refractivity contribution is 5.16. The Morgan fingerprint density at radius 1 is 0.879 bits per heavy atom. The van der Waals surface area contributed by atoms with Gasteiger partial charge in [-0.2, -0.15) is 0 Å². The molecule has 9 unspecified atom stereocenters. The van der Waals surface area contributed by atoms with E-state index < -0.39 is 42.9 Å². The summed E-state index contributed by atoms with van der Waals surface area (Å²) in [7, 11) is 0. The first-order chi connectivity index (χ1) is 15.3. The minimum Gasteiger partial charge on any atom is -0.394 e. The summed E-state index contributed by atoms with van der Waals surface area (Å²) in [6, 6.07) is 0. The molecule has 1 aliphatic heterocycles. The van der Waals surface area contributed by atoms with Gasteiger partial charge in [-0.3, -0.25) is 0 Å². The van der Waals surface area contributed by atoms with Crippen molar-refractivity contribution in [2.24, 2.45) is 34.0 Å². The van der Waals surface area contributed by atoms with Crippen molar-refractivity contribution in [3.8, 4) is 0 Å². The Labute approximate surface area is 197 Å². The van der Waals surface area contributed by atoms with Gasteiger partial charge in [0.15, 0.2) is 6.29 Å². The predicted octanol–water partition coefficient (Wildman–Crippen LogP) is 1.97. The maximum atomic E-state index is 11.1. The molecule has 5 N–H and O–H groups in total. The fourth-order valence-corrected chi connectivity index (χ4v) is 9.72. The summed E-state index contributed by atoms with van der Waals surface area (Å²) in [5.41, 5.74) is -0.247. The van der Waals surface area contributed by atoms with E-state index in [2.05, 4.69) is 20.8 Å². The Morgan fingerprint density at radius 2 is 1.61 bits per heavy atom. The van der Waals surface area contributed by atoms with Crippen molar-refractivity contribution in [3.05, 3.63) is 0 Å². The van der Waals surface area contributed by atoms with Crippen molar-refractivity contribution < 1.29 is 35.0 Å². The van der Waals surface area contributed by atoms with E-state index in [1.165, 1.54) is 12.8 Å². The molecule has 1 heterocycles. The van der Waals surface area contributed by atoms with Gasteiger partial charge in [0.25, 0.3) is 0 Å². The highest BCUT2D eigenvalue weighted by Gasteiger charge is 2.67. The number of fused-ring (bicyclic) bond motifs is 3. The van der Waals surface area contributed by atoms with E-state index in [9.17, 15) is 25.5 Å². The fourth-order valence-electron chi connectivity index (χ4n) is 9.72. The molecule has 190 valence electrons. The lowest BCUT2D eigenvalue weighted by atomic mass is 9.41. The van der Waals surface area contributed by atoms with Gasteiger partial charge in [-0.25, -0.2) is 0 Å². The molecule has 2 bridgehead atoms. The number of rotatable bonds is 3. The predicted molar refractivity (Wildman–Crippen MR) is 121 cm³/mol. The third kappa shape index (κ3) is 3.64. The molecule has 0 aromatic heterocycles. The van der Waals surface area contributed by atoms with Crippen LogP contribution in [0.3, 0.4) is 0 Å². The van der Waals surface area contributed by atoms with Gasteiger partial charge in [0, 0.05) is 0 Å². The third-order valence-electron chi connectivity index (χ3n) is 10.8. The Kier molecular flexibility index (Phi) is 5.81. The smallest absolute Gasteiger partial charge is 0.186 e. The minimum absolute atomic E-state index is 0.0470. The van der Waals surface area contributed by atoms with Gasteiger partial charge in [0.05, 0.1) is 18.3 Å². The van der Waals surface area contributed by atoms with E-state index in [-0.39, 0.29) is 22.3 Å². The van der Waals surface area contributed by atoms with Crippen LogP contribution in [0.2, 0.25) is 0 Å². The largest absolute Gasteiger partial charge is 0.394 e. The first-order valence-electron chi connectivity index (χ1n) is 13.0. The van der Waals surface area contributed by atoms with Crippen LogP contribution in [0.5, 0.6) is 0 Å². The zero-order valence-corrected chi connectivity index (χ0v) is 20.6. The molecule has 12 atom stereocenters. The van der Waals surface area contributed by atoms with Crippen LogP contribution < -0.4 is 0 Å². The molecule has 7 heteroatoms. The molecular formula is C26H44O7. The van der Waals surface area contributed by atoms with E-state index in [4.69, 9.17) is 9.47 Å². The van der Waals surface area contributed by atoms with Gasteiger partial charge in [0.1, 0.15) is 24.4 Å². The highest BCUT2D eigenvalue weighted by atomic mass is 16.7. The summed E-state index contributed by atoms with van der Waals surface area (Å²) >= 11 is 0. The normalized spacial score (nSPS) is 57.9. The van der Waals surface area contributed by atoms with Crippen LogP contribution >= 0.6 is 0 Å². The molecule has 0 radical (unpaired) electrons. The SMILES string of the molecule is CC1(C)CC(OC2OC(CO)C(O)C(O)C2O)C[C@]2(C)C1CC[C@@]13CC(CCC12)[C@](C)(O)C3. The quantitative estimate of drug-likeness (QED) is 0.402. The number of hydrogen-bond donors (Lipinski definition) is 5. The summed E-state index contributed by atoms with van der Waals surface area (Å²) in [4.78, 5) is 0. The van der Waals surface area contributed by atoms with Crippen LogP contribution in [-0.4, -0.2) is 74.6 Å². The molecule has 0 aromatic rings. The summed E-state index contributed by atoms with van der Waals surface area (Å²) in [5.74, 6) is 1.51. The lowest BCUT2D eigenvalue weighted by molar-refractivity contribution is -0.322. The van der Waals surface area contributed by atoms with Crippen molar-refractivity contribution in [2.75, 3.05) is 6.61 Å². The Balaban J connectivity index is 1.40. The zero-order chi connectivity index (χ0) is 24.0. The minimum atomic E-state index is -1.42.